The first-order valence-corrected chi connectivity index (χ1v) is 4.58. The van der Waals surface area contributed by atoms with Crippen LogP contribution in [0.2, 0.25) is 0 Å². The van der Waals surface area contributed by atoms with Crippen LogP contribution in [-0.4, -0.2) is 9.97 Å². The van der Waals surface area contributed by atoms with E-state index in [2.05, 4.69) is 9.97 Å². The number of aromatic nitrogens is 2. The van der Waals surface area contributed by atoms with Crippen molar-refractivity contribution in [2.24, 2.45) is 0 Å². The first kappa shape index (κ1) is 9.92. The van der Waals surface area contributed by atoms with Crippen molar-refractivity contribution < 1.29 is 8.78 Å². The van der Waals surface area contributed by atoms with E-state index in [0.29, 0.717) is 15.9 Å². The minimum Gasteiger partial charge on any atom is -0.350 e. The third-order valence-corrected chi connectivity index (χ3v) is 2.11. The molecule has 0 saturated heterocycles. The molecule has 1 N–H and O–H groups in total. The van der Waals surface area contributed by atoms with Gasteiger partial charge in [0.25, 0.3) is 0 Å². The van der Waals surface area contributed by atoms with Crippen molar-refractivity contribution in [3.8, 4) is 11.3 Å². The number of nitrogens with zero attached hydrogens (tertiary/aromatic N) is 1. The van der Waals surface area contributed by atoms with E-state index in [1.165, 1.54) is 12.3 Å². The maximum absolute atomic E-state index is 12.9. The Morgan fingerprint density at radius 3 is 2.60 bits per heavy atom. The van der Waals surface area contributed by atoms with Crippen LogP contribution in [0.3, 0.4) is 0 Å². The van der Waals surface area contributed by atoms with Gasteiger partial charge in [-0.3, -0.25) is 4.98 Å². The van der Waals surface area contributed by atoms with Gasteiger partial charge in [-0.2, -0.15) is 0 Å². The van der Waals surface area contributed by atoms with E-state index < -0.39 is 11.6 Å². The Bertz CT molecular complexity index is 531. The molecule has 0 aliphatic heterocycles. The average molecular weight is 224 g/mol. The molecule has 76 valence electrons. The van der Waals surface area contributed by atoms with Crippen LogP contribution in [0.4, 0.5) is 8.78 Å². The summed E-state index contributed by atoms with van der Waals surface area (Å²) in [5, 5.41) is 0. The summed E-state index contributed by atoms with van der Waals surface area (Å²) >= 11 is 4.82. The standard InChI is InChI=1S/C10H6F2N2S/c11-7-2-1-6(3-8(7)12)9-4-14-10(15)5-13-9/h1-5H,(H,14,15). The first-order valence-electron chi connectivity index (χ1n) is 4.17. The van der Waals surface area contributed by atoms with Gasteiger partial charge in [-0.15, -0.1) is 0 Å². The number of hydrogen-bond donors (Lipinski definition) is 1. The molecular weight excluding hydrogens is 218 g/mol. The Balaban J connectivity index is 2.50. The van der Waals surface area contributed by atoms with Crippen molar-refractivity contribution in [2.75, 3.05) is 0 Å². The van der Waals surface area contributed by atoms with Gasteiger partial charge in [0.2, 0.25) is 0 Å². The minimum atomic E-state index is -0.892. The van der Waals surface area contributed by atoms with E-state index in [0.717, 1.165) is 12.1 Å². The Labute approximate surface area is 89.6 Å². The topological polar surface area (TPSA) is 28.7 Å². The number of hydrogen-bond acceptors (Lipinski definition) is 2. The molecule has 0 spiro atoms. The van der Waals surface area contributed by atoms with Gasteiger partial charge >= 0.3 is 0 Å². The summed E-state index contributed by atoms with van der Waals surface area (Å²) in [5.41, 5.74) is 1.02. The number of halogens is 2. The number of rotatable bonds is 1. The van der Waals surface area contributed by atoms with Crippen molar-refractivity contribution >= 4 is 12.2 Å². The summed E-state index contributed by atoms with van der Waals surface area (Å²) in [5.74, 6) is -1.76. The number of nitrogens with one attached hydrogen (secondary N) is 1. The van der Waals surface area contributed by atoms with E-state index in [1.54, 1.807) is 6.20 Å². The summed E-state index contributed by atoms with van der Waals surface area (Å²) in [6.07, 6.45) is 3.00. The highest BCUT2D eigenvalue weighted by Crippen LogP contribution is 2.18. The molecule has 2 rings (SSSR count). The minimum absolute atomic E-state index is 0.487. The van der Waals surface area contributed by atoms with Crippen molar-refractivity contribution in [1.29, 1.82) is 0 Å². The summed E-state index contributed by atoms with van der Waals surface area (Å²) in [4.78, 5) is 6.76. The third kappa shape index (κ3) is 2.07. The summed E-state index contributed by atoms with van der Waals surface area (Å²) in [7, 11) is 0. The molecule has 0 atom stereocenters. The maximum Gasteiger partial charge on any atom is 0.159 e. The van der Waals surface area contributed by atoms with Crippen LogP contribution in [0.1, 0.15) is 0 Å². The molecule has 0 radical (unpaired) electrons. The van der Waals surface area contributed by atoms with Crippen molar-refractivity contribution in [3.05, 3.63) is 46.9 Å². The molecule has 1 aromatic heterocycles. The average Bonchev–Trinajstić information content (AvgIpc) is 2.23. The van der Waals surface area contributed by atoms with Gasteiger partial charge in [-0.1, -0.05) is 12.2 Å². The number of benzene rings is 1. The molecule has 2 nitrogen and oxygen atoms in total. The molecular formula is C10H6F2N2S. The second-order valence-electron chi connectivity index (χ2n) is 2.93. The van der Waals surface area contributed by atoms with Crippen LogP contribution < -0.4 is 0 Å². The van der Waals surface area contributed by atoms with Crippen molar-refractivity contribution in [1.82, 2.24) is 9.97 Å². The van der Waals surface area contributed by atoms with Gasteiger partial charge in [0.15, 0.2) is 11.6 Å². The molecule has 0 unspecified atom stereocenters. The fourth-order valence-corrected chi connectivity index (χ4v) is 1.27. The predicted octanol–water partition coefficient (Wildman–Crippen LogP) is 3.08. The monoisotopic (exact) mass is 224 g/mol. The fourth-order valence-electron chi connectivity index (χ4n) is 1.16. The Kier molecular flexibility index (Phi) is 2.55. The Morgan fingerprint density at radius 2 is 2.00 bits per heavy atom. The second kappa shape index (κ2) is 3.86. The predicted molar refractivity (Wildman–Crippen MR) is 54.8 cm³/mol. The fraction of sp³-hybridized carbons (Fsp3) is 0. The highest BCUT2D eigenvalue weighted by molar-refractivity contribution is 7.71. The maximum atomic E-state index is 12.9. The number of aromatic amines is 1. The van der Waals surface area contributed by atoms with Gasteiger partial charge in [0.05, 0.1) is 11.9 Å². The zero-order valence-corrected chi connectivity index (χ0v) is 8.31. The van der Waals surface area contributed by atoms with E-state index in [9.17, 15) is 8.78 Å². The molecule has 0 amide bonds. The molecule has 0 bridgehead atoms. The lowest BCUT2D eigenvalue weighted by molar-refractivity contribution is 0.509. The van der Waals surface area contributed by atoms with Gasteiger partial charge in [-0.25, -0.2) is 8.78 Å². The van der Waals surface area contributed by atoms with E-state index >= 15 is 0 Å². The highest BCUT2D eigenvalue weighted by Gasteiger charge is 2.04. The lowest BCUT2D eigenvalue weighted by atomic mass is 10.1. The third-order valence-electron chi connectivity index (χ3n) is 1.89. The lowest BCUT2D eigenvalue weighted by Gasteiger charge is -2.00. The smallest absolute Gasteiger partial charge is 0.159 e. The highest BCUT2D eigenvalue weighted by atomic mass is 32.1. The van der Waals surface area contributed by atoms with Gasteiger partial charge in [0.1, 0.15) is 4.64 Å². The molecule has 2 aromatic rings. The summed E-state index contributed by atoms with van der Waals surface area (Å²) in [6.45, 7) is 0. The van der Waals surface area contributed by atoms with Crippen LogP contribution in [0.15, 0.2) is 30.6 Å². The van der Waals surface area contributed by atoms with Crippen LogP contribution in [0.5, 0.6) is 0 Å². The van der Waals surface area contributed by atoms with Crippen LogP contribution >= 0.6 is 12.2 Å². The molecule has 1 aromatic carbocycles. The van der Waals surface area contributed by atoms with Gasteiger partial charge in [0, 0.05) is 11.8 Å². The summed E-state index contributed by atoms with van der Waals surface area (Å²) < 4.78 is 26.1. The lowest BCUT2D eigenvalue weighted by Crippen LogP contribution is -1.88. The van der Waals surface area contributed by atoms with E-state index in [-0.39, 0.29) is 0 Å². The Morgan fingerprint density at radius 1 is 1.20 bits per heavy atom. The van der Waals surface area contributed by atoms with Crippen molar-refractivity contribution in [2.45, 2.75) is 0 Å². The molecule has 1 heterocycles. The normalized spacial score (nSPS) is 10.3. The largest absolute Gasteiger partial charge is 0.350 e. The van der Waals surface area contributed by atoms with E-state index in [1.807, 2.05) is 0 Å². The molecule has 0 aliphatic carbocycles. The SMILES string of the molecule is Fc1ccc(-c2c[nH]c(=S)cn2)cc1F. The second-order valence-corrected chi connectivity index (χ2v) is 3.37. The van der Waals surface area contributed by atoms with Crippen LogP contribution in [0.25, 0.3) is 11.3 Å². The Hall–Kier alpha value is -1.62. The first-order chi connectivity index (χ1) is 7.16. The van der Waals surface area contributed by atoms with Crippen molar-refractivity contribution in [3.63, 3.8) is 0 Å². The molecule has 5 heteroatoms. The quantitative estimate of drug-likeness (QED) is 0.754. The summed E-state index contributed by atoms with van der Waals surface area (Å²) in [6, 6.07) is 3.61. The van der Waals surface area contributed by atoms with Gasteiger partial charge < -0.3 is 4.98 Å². The number of H-pyrrole nitrogens is 1. The van der Waals surface area contributed by atoms with Gasteiger partial charge in [-0.05, 0) is 18.2 Å². The molecule has 0 fully saturated rings. The van der Waals surface area contributed by atoms with Crippen LogP contribution in [-0.2, 0) is 0 Å². The molecule has 15 heavy (non-hydrogen) atoms. The molecule has 0 saturated carbocycles. The van der Waals surface area contributed by atoms with E-state index in [4.69, 9.17) is 12.2 Å². The zero-order chi connectivity index (χ0) is 10.8. The zero-order valence-electron chi connectivity index (χ0n) is 7.50. The van der Waals surface area contributed by atoms with Crippen LogP contribution in [0, 0.1) is 16.3 Å². The molecule has 0 aliphatic rings.